The molecule has 2 bridgehead atoms. The van der Waals surface area contributed by atoms with Gasteiger partial charge in [-0.3, -0.25) is 14.2 Å². The zero-order valence-electron chi connectivity index (χ0n) is 17.7. The van der Waals surface area contributed by atoms with Crippen LogP contribution in [0.3, 0.4) is 0 Å². The van der Waals surface area contributed by atoms with Crippen LogP contribution >= 0.6 is 46.3 Å². The number of amides is 1. The molecule has 2 aromatic carbocycles. The highest BCUT2D eigenvalue weighted by Gasteiger charge is 2.55. The van der Waals surface area contributed by atoms with Gasteiger partial charge >= 0.3 is 4.87 Å². The van der Waals surface area contributed by atoms with Crippen LogP contribution in [0.1, 0.15) is 35.6 Å². The standard InChI is InChI=1S/C25H22Cl2N2O2S2/c26-16-5-3-13(4-6-16)20-21-14-1-2-15(11-14)22(21)32-24-23(20)33-25(31)29(24)12-19(30)28-18-9-7-17(27)8-10-18/h3-10,14-15,20-22H,1-2,11-12H2,(H,28,30)/t14-,15-,20+,21+,22-/m0/s1. The van der Waals surface area contributed by atoms with Crippen LogP contribution in [-0.2, 0) is 11.3 Å². The van der Waals surface area contributed by atoms with Crippen LogP contribution in [0.5, 0.6) is 0 Å². The zero-order valence-corrected chi connectivity index (χ0v) is 20.8. The number of carbonyl (C=O) groups is 1. The van der Waals surface area contributed by atoms with Crippen molar-refractivity contribution in [1.82, 2.24) is 4.57 Å². The number of rotatable bonds is 4. The van der Waals surface area contributed by atoms with Crippen molar-refractivity contribution in [3.8, 4) is 0 Å². The third-order valence-corrected chi connectivity index (χ3v) is 10.7. The van der Waals surface area contributed by atoms with E-state index in [1.165, 1.54) is 36.2 Å². The molecule has 0 unspecified atom stereocenters. The fraction of sp³-hybridized carbons (Fsp3) is 0.360. The Morgan fingerprint density at radius 3 is 2.39 bits per heavy atom. The van der Waals surface area contributed by atoms with E-state index in [-0.39, 0.29) is 23.2 Å². The Balaban J connectivity index is 1.36. The van der Waals surface area contributed by atoms with E-state index in [1.807, 2.05) is 23.9 Å². The number of halogens is 2. The second-order valence-electron chi connectivity index (χ2n) is 9.20. The molecule has 3 aliphatic rings. The highest BCUT2D eigenvalue weighted by atomic mass is 35.5. The number of thiazole rings is 1. The average molecular weight is 518 g/mol. The molecular formula is C25H22Cl2N2O2S2. The van der Waals surface area contributed by atoms with E-state index in [9.17, 15) is 9.59 Å². The number of nitrogens with zero attached hydrogens (tertiary/aromatic N) is 1. The van der Waals surface area contributed by atoms with Gasteiger partial charge in [-0.2, -0.15) is 0 Å². The molecular weight excluding hydrogens is 495 g/mol. The van der Waals surface area contributed by atoms with E-state index in [0.29, 0.717) is 33.7 Å². The first-order valence-electron chi connectivity index (χ1n) is 11.2. The van der Waals surface area contributed by atoms with Crippen LogP contribution in [-0.4, -0.2) is 15.7 Å². The molecule has 33 heavy (non-hydrogen) atoms. The maximum atomic E-state index is 13.1. The number of anilines is 1. The lowest BCUT2D eigenvalue weighted by Crippen LogP contribution is -2.34. The van der Waals surface area contributed by atoms with E-state index in [1.54, 1.807) is 28.8 Å². The summed E-state index contributed by atoms with van der Waals surface area (Å²) in [5.74, 6) is 1.92. The van der Waals surface area contributed by atoms with Gasteiger partial charge in [-0.15, -0.1) is 11.8 Å². The van der Waals surface area contributed by atoms with Gasteiger partial charge in [-0.05, 0) is 79.0 Å². The van der Waals surface area contributed by atoms with Gasteiger partial charge in [0.1, 0.15) is 6.54 Å². The molecule has 4 nitrogen and oxygen atoms in total. The molecule has 1 amide bonds. The van der Waals surface area contributed by atoms with Crippen molar-refractivity contribution in [2.24, 2.45) is 17.8 Å². The predicted molar refractivity (Wildman–Crippen MR) is 136 cm³/mol. The molecule has 1 aliphatic heterocycles. The molecule has 0 radical (unpaired) electrons. The Morgan fingerprint density at radius 2 is 1.67 bits per heavy atom. The summed E-state index contributed by atoms with van der Waals surface area (Å²) in [5, 5.41) is 5.69. The minimum absolute atomic E-state index is 0.0130. The number of benzene rings is 2. The molecule has 1 N–H and O–H groups in total. The molecule has 170 valence electrons. The highest BCUT2D eigenvalue weighted by Crippen LogP contribution is 2.64. The minimum Gasteiger partial charge on any atom is -0.325 e. The van der Waals surface area contributed by atoms with Crippen LogP contribution in [0.25, 0.3) is 0 Å². The zero-order chi connectivity index (χ0) is 22.7. The van der Waals surface area contributed by atoms with Crippen LogP contribution in [0, 0.1) is 17.8 Å². The monoisotopic (exact) mass is 516 g/mol. The van der Waals surface area contributed by atoms with Crippen molar-refractivity contribution in [2.45, 2.75) is 42.0 Å². The summed E-state index contributed by atoms with van der Waals surface area (Å²) in [7, 11) is 0. The summed E-state index contributed by atoms with van der Waals surface area (Å²) in [6.45, 7) is 0.0130. The Kier molecular flexibility index (Phi) is 5.60. The quantitative estimate of drug-likeness (QED) is 0.430. The molecule has 3 aromatic rings. The van der Waals surface area contributed by atoms with Crippen molar-refractivity contribution in [1.29, 1.82) is 0 Å². The predicted octanol–water partition coefficient (Wildman–Crippen LogP) is 6.51. The second-order valence-corrected chi connectivity index (χ2v) is 12.2. The number of hydrogen-bond donors (Lipinski definition) is 1. The topological polar surface area (TPSA) is 51.1 Å². The van der Waals surface area contributed by atoms with Crippen LogP contribution < -0.4 is 10.2 Å². The largest absolute Gasteiger partial charge is 0.325 e. The van der Waals surface area contributed by atoms with Gasteiger partial charge in [-0.1, -0.05) is 46.7 Å². The fourth-order valence-electron chi connectivity index (χ4n) is 6.01. The SMILES string of the molecule is O=C(Cn1c2c(sc1=O)[C@H](c1ccc(Cl)cc1)[C@H]1[C@H]3CC[C@@H](C3)[C@@H]1S2)Nc1ccc(Cl)cc1. The number of hydrogen-bond acceptors (Lipinski definition) is 4. The molecule has 2 heterocycles. The van der Waals surface area contributed by atoms with E-state index >= 15 is 0 Å². The number of nitrogens with one attached hydrogen (secondary N) is 1. The lowest BCUT2D eigenvalue weighted by molar-refractivity contribution is -0.116. The third kappa shape index (κ3) is 3.85. The number of aromatic nitrogens is 1. The van der Waals surface area contributed by atoms with Crippen molar-refractivity contribution in [3.63, 3.8) is 0 Å². The van der Waals surface area contributed by atoms with Gasteiger partial charge in [0.2, 0.25) is 5.91 Å². The van der Waals surface area contributed by atoms with Crippen LogP contribution in [0.2, 0.25) is 10.0 Å². The summed E-state index contributed by atoms with van der Waals surface area (Å²) in [5.41, 5.74) is 1.89. The molecule has 0 spiro atoms. The van der Waals surface area contributed by atoms with E-state index in [4.69, 9.17) is 23.2 Å². The van der Waals surface area contributed by atoms with Crippen molar-refractivity contribution in [3.05, 3.63) is 78.7 Å². The van der Waals surface area contributed by atoms with Crippen molar-refractivity contribution >= 4 is 57.9 Å². The van der Waals surface area contributed by atoms with E-state index < -0.39 is 0 Å². The maximum Gasteiger partial charge on any atom is 0.308 e. The average Bonchev–Trinajstić information content (AvgIpc) is 3.49. The molecule has 2 fully saturated rings. The van der Waals surface area contributed by atoms with Crippen LogP contribution in [0.4, 0.5) is 5.69 Å². The van der Waals surface area contributed by atoms with Gasteiger partial charge in [-0.25, -0.2) is 0 Å². The summed E-state index contributed by atoms with van der Waals surface area (Å²) < 4.78 is 1.68. The molecule has 8 heteroatoms. The molecule has 0 saturated heterocycles. The molecule has 5 atom stereocenters. The Labute approximate surface area is 210 Å². The second kappa shape index (κ2) is 8.49. The van der Waals surface area contributed by atoms with E-state index in [2.05, 4.69) is 17.4 Å². The Morgan fingerprint density at radius 1 is 1.00 bits per heavy atom. The number of fused-ring (bicyclic) bond motifs is 6. The lowest BCUT2D eigenvalue weighted by Gasteiger charge is -2.40. The van der Waals surface area contributed by atoms with Gasteiger partial charge < -0.3 is 5.32 Å². The normalized spacial score (nSPS) is 27.3. The maximum absolute atomic E-state index is 13.1. The number of thioether (sulfide) groups is 1. The van der Waals surface area contributed by atoms with E-state index in [0.717, 1.165) is 14.9 Å². The third-order valence-electron chi connectivity index (χ3n) is 7.35. The first-order valence-corrected chi connectivity index (χ1v) is 13.6. The van der Waals surface area contributed by atoms with Gasteiger partial charge in [0, 0.05) is 31.8 Å². The summed E-state index contributed by atoms with van der Waals surface area (Å²) in [6.07, 6.45) is 3.83. The molecule has 2 aliphatic carbocycles. The smallest absolute Gasteiger partial charge is 0.308 e. The van der Waals surface area contributed by atoms with Crippen molar-refractivity contribution in [2.75, 3.05) is 5.32 Å². The first-order chi connectivity index (χ1) is 16.0. The summed E-state index contributed by atoms with van der Waals surface area (Å²) >= 11 is 15.3. The number of carbonyl (C=O) groups excluding carboxylic acids is 1. The first kappa shape index (κ1) is 21.8. The Bertz CT molecular complexity index is 1270. The fourth-order valence-corrected chi connectivity index (χ4v) is 9.41. The summed E-state index contributed by atoms with van der Waals surface area (Å²) in [6, 6.07) is 15.1. The minimum atomic E-state index is -0.210. The van der Waals surface area contributed by atoms with Gasteiger partial charge in [0.05, 0.1) is 5.03 Å². The van der Waals surface area contributed by atoms with Crippen molar-refractivity contribution < 1.29 is 4.79 Å². The van der Waals surface area contributed by atoms with Gasteiger partial charge in [0.15, 0.2) is 0 Å². The Hall–Kier alpha value is -1.73. The summed E-state index contributed by atoms with van der Waals surface area (Å²) in [4.78, 5) is 27.0. The lowest BCUT2D eigenvalue weighted by atomic mass is 9.75. The molecule has 2 saturated carbocycles. The highest BCUT2D eigenvalue weighted by molar-refractivity contribution is 8.00. The molecule has 6 rings (SSSR count). The van der Waals surface area contributed by atoms with Gasteiger partial charge in [0.25, 0.3) is 0 Å². The molecule has 1 aromatic heterocycles. The van der Waals surface area contributed by atoms with Crippen LogP contribution in [0.15, 0.2) is 58.4 Å².